The predicted molar refractivity (Wildman–Crippen MR) is 69.6 cm³/mol. The number of anilines is 1. The van der Waals surface area contributed by atoms with Gasteiger partial charge in [0.1, 0.15) is 0 Å². The number of piperidine rings is 1. The number of benzene rings is 1. The van der Waals surface area contributed by atoms with Crippen LogP contribution in [0.4, 0.5) is 5.69 Å². The van der Waals surface area contributed by atoms with Gasteiger partial charge in [0.15, 0.2) is 0 Å². The highest BCUT2D eigenvalue weighted by Gasteiger charge is 2.26. The zero-order valence-electron chi connectivity index (χ0n) is 9.45. The standard InChI is InChI=1S/C12H11Cl2NO3/c13-7-5-8(12(17)18)11(9(14)6-7)15-4-2-1-3-10(15)16/h5-6H,1-4H2,(H,17,18). The minimum Gasteiger partial charge on any atom is -0.478 e. The van der Waals surface area contributed by atoms with E-state index < -0.39 is 5.97 Å². The summed E-state index contributed by atoms with van der Waals surface area (Å²) < 4.78 is 0. The Kier molecular flexibility index (Phi) is 3.78. The molecule has 1 saturated heterocycles. The predicted octanol–water partition coefficient (Wildman–Crippen LogP) is 3.21. The van der Waals surface area contributed by atoms with Crippen LogP contribution in [0.15, 0.2) is 12.1 Å². The van der Waals surface area contributed by atoms with Crippen molar-refractivity contribution in [1.82, 2.24) is 0 Å². The summed E-state index contributed by atoms with van der Waals surface area (Å²) in [6.07, 6.45) is 2.07. The third-order valence-corrected chi connectivity index (χ3v) is 3.36. The fourth-order valence-corrected chi connectivity index (χ4v) is 2.64. The summed E-state index contributed by atoms with van der Waals surface area (Å²) in [5.41, 5.74) is 0.209. The summed E-state index contributed by atoms with van der Waals surface area (Å²) in [7, 11) is 0. The van der Waals surface area contributed by atoms with Crippen molar-refractivity contribution in [3.63, 3.8) is 0 Å². The Hall–Kier alpha value is -1.26. The van der Waals surface area contributed by atoms with Crippen molar-refractivity contribution >= 4 is 40.8 Å². The van der Waals surface area contributed by atoms with Crippen molar-refractivity contribution in [3.8, 4) is 0 Å². The zero-order chi connectivity index (χ0) is 13.3. The summed E-state index contributed by atoms with van der Waals surface area (Å²) in [6, 6.07) is 2.76. The smallest absolute Gasteiger partial charge is 0.337 e. The third kappa shape index (κ3) is 2.44. The van der Waals surface area contributed by atoms with Crippen LogP contribution < -0.4 is 4.90 Å². The normalized spacial score (nSPS) is 15.9. The minimum atomic E-state index is -1.15. The summed E-state index contributed by atoms with van der Waals surface area (Å²) in [6.45, 7) is 0.487. The lowest BCUT2D eigenvalue weighted by molar-refractivity contribution is -0.119. The number of hydrogen-bond acceptors (Lipinski definition) is 2. The van der Waals surface area contributed by atoms with Crippen molar-refractivity contribution in [1.29, 1.82) is 0 Å². The molecule has 1 amide bonds. The van der Waals surface area contributed by atoms with Crippen LogP contribution in [0.1, 0.15) is 29.6 Å². The molecule has 4 nitrogen and oxygen atoms in total. The van der Waals surface area contributed by atoms with E-state index in [1.807, 2.05) is 0 Å². The Balaban J connectivity index is 2.54. The molecule has 0 unspecified atom stereocenters. The van der Waals surface area contributed by atoms with E-state index in [0.717, 1.165) is 12.8 Å². The van der Waals surface area contributed by atoms with Gasteiger partial charge in [-0.05, 0) is 25.0 Å². The molecule has 18 heavy (non-hydrogen) atoms. The molecular weight excluding hydrogens is 277 g/mol. The van der Waals surface area contributed by atoms with Gasteiger partial charge >= 0.3 is 5.97 Å². The molecular formula is C12H11Cl2NO3. The van der Waals surface area contributed by atoms with E-state index in [1.165, 1.54) is 17.0 Å². The lowest BCUT2D eigenvalue weighted by Gasteiger charge is -2.28. The molecule has 1 aromatic carbocycles. The number of aromatic carboxylic acids is 1. The van der Waals surface area contributed by atoms with Crippen LogP contribution in [0, 0.1) is 0 Å². The second-order valence-corrected chi connectivity index (χ2v) is 4.94. The highest BCUT2D eigenvalue weighted by Crippen LogP contribution is 2.35. The molecule has 6 heteroatoms. The SMILES string of the molecule is O=C(O)c1cc(Cl)cc(Cl)c1N1CCCCC1=O. The molecule has 0 aromatic heterocycles. The molecule has 0 radical (unpaired) electrons. The Morgan fingerprint density at radius 1 is 1.28 bits per heavy atom. The van der Waals surface area contributed by atoms with Crippen molar-refractivity contribution in [2.45, 2.75) is 19.3 Å². The van der Waals surface area contributed by atoms with Gasteiger partial charge in [0.2, 0.25) is 5.91 Å². The number of carboxylic acids is 1. The quantitative estimate of drug-likeness (QED) is 0.909. The fourth-order valence-electron chi connectivity index (χ4n) is 2.05. The Bertz CT molecular complexity index is 516. The van der Waals surface area contributed by atoms with E-state index in [-0.39, 0.29) is 27.2 Å². The Morgan fingerprint density at radius 2 is 2.00 bits per heavy atom. The zero-order valence-corrected chi connectivity index (χ0v) is 11.0. The first kappa shape index (κ1) is 13.2. The second-order valence-electron chi connectivity index (χ2n) is 4.09. The van der Waals surface area contributed by atoms with Crippen LogP contribution in [0.25, 0.3) is 0 Å². The van der Waals surface area contributed by atoms with Crippen LogP contribution in [-0.4, -0.2) is 23.5 Å². The topological polar surface area (TPSA) is 57.6 Å². The Morgan fingerprint density at radius 3 is 2.61 bits per heavy atom. The number of carboxylic acid groups (broad SMARTS) is 1. The second kappa shape index (κ2) is 5.16. The molecule has 96 valence electrons. The first-order chi connectivity index (χ1) is 8.50. The van der Waals surface area contributed by atoms with Crippen molar-refractivity contribution in [2.75, 3.05) is 11.4 Å². The maximum Gasteiger partial charge on any atom is 0.337 e. The molecule has 1 aromatic rings. The number of amides is 1. The highest BCUT2D eigenvalue weighted by molar-refractivity contribution is 6.38. The average Bonchev–Trinajstić information content (AvgIpc) is 2.29. The fraction of sp³-hybridized carbons (Fsp3) is 0.333. The van der Waals surface area contributed by atoms with Gasteiger partial charge in [-0.15, -0.1) is 0 Å². The van der Waals surface area contributed by atoms with Gasteiger partial charge in [0.05, 0.1) is 16.3 Å². The van der Waals surface area contributed by atoms with Crippen LogP contribution in [0.2, 0.25) is 10.0 Å². The number of rotatable bonds is 2. The van der Waals surface area contributed by atoms with Crippen LogP contribution >= 0.6 is 23.2 Å². The van der Waals surface area contributed by atoms with Gasteiger partial charge in [-0.25, -0.2) is 4.79 Å². The van der Waals surface area contributed by atoms with E-state index in [0.29, 0.717) is 13.0 Å². The largest absolute Gasteiger partial charge is 0.478 e. The number of hydrogen-bond donors (Lipinski definition) is 1. The van der Waals surface area contributed by atoms with Crippen LogP contribution in [-0.2, 0) is 4.79 Å². The van der Waals surface area contributed by atoms with E-state index in [4.69, 9.17) is 23.2 Å². The molecule has 1 fully saturated rings. The summed E-state index contributed by atoms with van der Waals surface area (Å²) in [5, 5.41) is 9.61. The van der Waals surface area contributed by atoms with Gasteiger partial charge in [0, 0.05) is 18.0 Å². The molecule has 2 rings (SSSR count). The maximum absolute atomic E-state index is 11.8. The third-order valence-electron chi connectivity index (χ3n) is 2.85. The Labute approximate surface area is 114 Å². The maximum atomic E-state index is 11.8. The molecule has 1 aliphatic rings. The average molecular weight is 288 g/mol. The summed E-state index contributed by atoms with van der Waals surface area (Å²) >= 11 is 11.8. The van der Waals surface area contributed by atoms with Gasteiger partial charge in [-0.3, -0.25) is 4.79 Å². The molecule has 1 heterocycles. The van der Waals surface area contributed by atoms with E-state index in [1.54, 1.807) is 0 Å². The van der Waals surface area contributed by atoms with Gasteiger partial charge in [0.25, 0.3) is 0 Å². The van der Waals surface area contributed by atoms with Gasteiger partial charge in [-0.2, -0.15) is 0 Å². The number of halogens is 2. The van der Waals surface area contributed by atoms with E-state index in [9.17, 15) is 14.7 Å². The first-order valence-electron chi connectivity index (χ1n) is 5.53. The molecule has 0 spiro atoms. The lowest BCUT2D eigenvalue weighted by Crippen LogP contribution is -2.36. The van der Waals surface area contributed by atoms with Crippen LogP contribution in [0.3, 0.4) is 0 Å². The van der Waals surface area contributed by atoms with Gasteiger partial charge in [-0.1, -0.05) is 23.2 Å². The number of carbonyl (C=O) groups excluding carboxylic acids is 1. The molecule has 1 aliphatic heterocycles. The molecule has 0 atom stereocenters. The number of nitrogens with zero attached hydrogens (tertiary/aromatic N) is 1. The monoisotopic (exact) mass is 287 g/mol. The van der Waals surface area contributed by atoms with E-state index >= 15 is 0 Å². The minimum absolute atomic E-state index is 0.0391. The van der Waals surface area contributed by atoms with Crippen molar-refractivity contribution in [2.24, 2.45) is 0 Å². The van der Waals surface area contributed by atoms with Crippen molar-refractivity contribution < 1.29 is 14.7 Å². The van der Waals surface area contributed by atoms with Crippen molar-refractivity contribution in [3.05, 3.63) is 27.7 Å². The lowest BCUT2D eigenvalue weighted by atomic mass is 10.1. The summed E-state index contributed by atoms with van der Waals surface area (Å²) in [5.74, 6) is -1.25. The molecule has 1 N–H and O–H groups in total. The molecule has 0 bridgehead atoms. The highest BCUT2D eigenvalue weighted by atomic mass is 35.5. The summed E-state index contributed by atoms with van der Waals surface area (Å²) in [4.78, 5) is 24.5. The van der Waals surface area contributed by atoms with E-state index in [2.05, 4.69) is 0 Å². The first-order valence-corrected chi connectivity index (χ1v) is 6.29. The molecule has 0 aliphatic carbocycles. The molecule has 0 saturated carbocycles. The van der Waals surface area contributed by atoms with Crippen LogP contribution in [0.5, 0.6) is 0 Å². The number of carbonyl (C=O) groups is 2. The van der Waals surface area contributed by atoms with Gasteiger partial charge < -0.3 is 10.0 Å².